The van der Waals surface area contributed by atoms with Gasteiger partial charge in [0.2, 0.25) is 0 Å². The van der Waals surface area contributed by atoms with Gasteiger partial charge in [-0.05, 0) is 6.92 Å². The fourth-order valence-electron chi connectivity index (χ4n) is 1.79. The molecule has 2 aromatic rings. The molecular weight excluding hydrogens is 230 g/mol. The van der Waals surface area contributed by atoms with Crippen LogP contribution in [0.2, 0.25) is 0 Å². The average Bonchev–Trinajstić information content (AvgIpc) is 2.84. The lowest BCUT2D eigenvalue weighted by molar-refractivity contribution is 0.633. The maximum Gasteiger partial charge on any atom is 0.142 e. The van der Waals surface area contributed by atoms with Crippen molar-refractivity contribution in [3.8, 4) is 6.07 Å². The lowest BCUT2D eigenvalue weighted by Crippen LogP contribution is -2.13. The summed E-state index contributed by atoms with van der Waals surface area (Å²) in [5.74, 6) is 0.732. The number of anilines is 2. The summed E-state index contributed by atoms with van der Waals surface area (Å²) in [5.41, 5.74) is 7.52. The minimum atomic E-state index is 0.581. The Hall–Kier alpha value is -2.49. The number of aryl methyl sites for hydroxylation is 2. The van der Waals surface area contributed by atoms with E-state index in [1.807, 2.05) is 14.0 Å². The van der Waals surface area contributed by atoms with Gasteiger partial charge in [0.05, 0.1) is 24.1 Å². The van der Waals surface area contributed by atoms with Crippen molar-refractivity contribution in [3.05, 3.63) is 23.7 Å². The zero-order valence-electron chi connectivity index (χ0n) is 10.4. The molecule has 0 radical (unpaired) electrons. The first kappa shape index (κ1) is 12.0. The minimum absolute atomic E-state index is 0.581. The summed E-state index contributed by atoms with van der Waals surface area (Å²) in [6.45, 7) is 3.14. The smallest absolute Gasteiger partial charge is 0.142 e. The van der Waals surface area contributed by atoms with E-state index in [2.05, 4.69) is 21.6 Å². The van der Waals surface area contributed by atoms with Crippen LogP contribution in [0.1, 0.15) is 11.3 Å². The fraction of sp³-hybridized carbons (Fsp3) is 0.364. The predicted molar refractivity (Wildman–Crippen MR) is 67.8 cm³/mol. The van der Waals surface area contributed by atoms with E-state index in [0.717, 1.165) is 11.5 Å². The SMILES string of the molecule is Cc1nn(C)c(NCCn2cc(N)cn2)c1C#N. The summed E-state index contributed by atoms with van der Waals surface area (Å²) in [7, 11) is 1.81. The van der Waals surface area contributed by atoms with Crippen LogP contribution < -0.4 is 11.1 Å². The van der Waals surface area contributed by atoms with Crippen LogP contribution >= 0.6 is 0 Å². The van der Waals surface area contributed by atoms with Crippen LogP contribution in [-0.4, -0.2) is 26.1 Å². The zero-order valence-corrected chi connectivity index (χ0v) is 10.4. The second kappa shape index (κ2) is 4.79. The Morgan fingerprint density at radius 3 is 2.94 bits per heavy atom. The third-order valence-electron chi connectivity index (χ3n) is 2.62. The highest BCUT2D eigenvalue weighted by Gasteiger charge is 2.11. The summed E-state index contributed by atoms with van der Waals surface area (Å²) in [4.78, 5) is 0. The third-order valence-corrected chi connectivity index (χ3v) is 2.62. The Bertz CT molecular complexity index is 587. The average molecular weight is 245 g/mol. The van der Waals surface area contributed by atoms with Crippen LogP contribution in [-0.2, 0) is 13.6 Å². The molecule has 94 valence electrons. The van der Waals surface area contributed by atoms with Crippen LogP contribution in [0.5, 0.6) is 0 Å². The van der Waals surface area contributed by atoms with E-state index in [0.29, 0.717) is 24.3 Å². The van der Waals surface area contributed by atoms with Gasteiger partial charge in [-0.2, -0.15) is 15.5 Å². The number of hydrogen-bond donors (Lipinski definition) is 2. The third kappa shape index (κ3) is 2.27. The summed E-state index contributed by atoms with van der Waals surface area (Å²) in [6, 6.07) is 2.15. The van der Waals surface area contributed by atoms with Crippen molar-refractivity contribution in [3.63, 3.8) is 0 Å². The van der Waals surface area contributed by atoms with Crippen molar-refractivity contribution in [2.75, 3.05) is 17.6 Å². The highest BCUT2D eigenvalue weighted by Crippen LogP contribution is 2.16. The van der Waals surface area contributed by atoms with Gasteiger partial charge in [0.1, 0.15) is 17.5 Å². The quantitative estimate of drug-likeness (QED) is 0.817. The van der Waals surface area contributed by atoms with Gasteiger partial charge in [-0.25, -0.2) is 0 Å². The molecule has 0 aliphatic carbocycles. The molecule has 0 saturated heterocycles. The van der Waals surface area contributed by atoms with Gasteiger partial charge in [0.15, 0.2) is 0 Å². The van der Waals surface area contributed by atoms with E-state index in [4.69, 9.17) is 11.0 Å². The second-order valence-corrected chi connectivity index (χ2v) is 4.01. The number of aromatic nitrogens is 4. The molecule has 2 aromatic heterocycles. The lowest BCUT2D eigenvalue weighted by atomic mass is 10.2. The van der Waals surface area contributed by atoms with E-state index < -0.39 is 0 Å². The maximum absolute atomic E-state index is 9.05. The number of rotatable bonds is 4. The summed E-state index contributed by atoms with van der Waals surface area (Å²) in [6.07, 6.45) is 3.37. The predicted octanol–water partition coefficient (Wildman–Crippen LogP) is 0.491. The Morgan fingerprint density at radius 2 is 2.33 bits per heavy atom. The first-order valence-corrected chi connectivity index (χ1v) is 5.57. The van der Waals surface area contributed by atoms with Gasteiger partial charge in [0.25, 0.3) is 0 Å². The Morgan fingerprint density at radius 1 is 1.56 bits per heavy atom. The molecule has 3 N–H and O–H groups in total. The van der Waals surface area contributed by atoms with Crippen molar-refractivity contribution >= 4 is 11.5 Å². The number of nitrogens with two attached hydrogens (primary N) is 1. The molecule has 0 aliphatic heterocycles. The van der Waals surface area contributed by atoms with Gasteiger partial charge in [-0.15, -0.1) is 0 Å². The highest BCUT2D eigenvalue weighted by molar-refractivity contribution is 5.54. The standard InChI is InChI=1S/C11H15N7/c1-8-10(5-12)11(17(2)16-8)14-3-4-18-7-9(13)6-15-18/h6-7,14H,3-4,13H2,1-2H3. The first-order chi connectivity index (χ1) is 8.61. The molecule has 0 unspecified atom stereocenters. The summed E-state index contributed by atoms with van der Waals surface area (Å²) in [5, 5.41) is 20.5. The molecule has 2 rings (SSSR count). The van der Waals surface area contributed by atoms with Crippen LogP contribution in [0.25, 0.3) is 0 Å². The first-order valence-electron chi connectivity index (χ1n) is 5.57. The number of hydrogen-bond acceptors (Lipinski definition) is 5. The van der Waals surface area contributed by atoms with E-state index in [9.17, 15) is 0 Å². The van der Waals surface area contributed by atoms with Crippen molar-refractivity contribution in [2.24, 2.45) is 7.05 Å². The normalized spacial score (nSPS) is 10.3. The van der Waals surface area contributed by atoms with Crippen LogP contribution in [0.15, 0.2) is 12.4 Å². The molecular formula is C11H15N7. The maximum atomic E-state index is 9.05. The van der Waals surface area contributed by atoms with E-state index >= 15 is 0 Å². The largest absolute Gasteiger partial charge is 0.396 e. The second-order valence-electron chi connectivity index (χ2n) is 4.01. The monoisotopic (exact) mass is 245 g/mol. The van der Waals surface area contributed by atoms with E-state index in [-0.39, 0.29) is 0 Å². The molecule has 7 heteroatoms. The van der Waals surface area contributed by atoms with Crippen LogP contribution in [0.4, 0.5) is 11.5 Å². The Balaban J connectivity index is 2.01. The van der Waals surface area contributed by atoms with Crippen LogP contribution in [0.3, 0.4) is 0 Å². The number of nitrogen functional groups attached to an aromatic ring is 1. The van der Waals surface area contributed by atoms with Crippen LogP contribution in [0, 0.1) is 18.3 Å². The van der Waals surface area contributed by atoms with Crippen molar-refractivity contribution in [2.45, 2.75) is 13.5 Å². The fourth-order valence-corrected chi connectivity index (χ4v) is 1.79. The molecule has 0 fully saturated rings. The minimum Gasteiger partial charge on any atom is -0.396 e. The van der Waals surface area contributed by atoms with Gasteiger partial charge < -0.3 is 11.1 Å². The molecule has 0 aliphatic rings. The van der Waals surface area contributed by atoms with Gasteiger partial charge in [-0.3, -0.25) is 9.36 Å². The molecule has 0 saturated carbocycles. The topological polar surface area (TPSA) is 97.5 Å². The van der Waals surface area contributed by atoms with Gasteiger partial charge in [0, 0.05) is 19.8 Å². The number of nitrogens with zero attached hydrogens (tertiary/aromatic N) is 5. The molecule has 0 atom stereocenters. The summed E-state index contributed by atoms with van der Waals surface area (Å²) >= 11 is 0. The molecule has 18 heavy (non-hydrogen) atoms. The van der Waals surface area contributed by atoms with E-state index in [1.165, 1.54) is 0 Å². The molecule has 0 amide bonds. The van der Waals surface area contributed by atoms with Gasteiger partial charge in [-0.1, -0.05) is 0 Å². The molecule has 2 heterocycles. The molecule has 0 spiro atoms. The molecule has 0 aromatic carbocycles. The van der Waals surface area contributed by atoms with E-state index in [1.54, 1.807) is 21.8 Å². The van der Waals surface area contributed by atoms with Crippen molar-refractivity contribution in [1.29, 1.82) is 5.26 Å². The van der Waals surface area contributed by atoms with Gasteiger partial charge >= 0.3 is 0 Å². The van der Waals surface area contributed by atoms with Crippen molar-refractivity contribution in [1.82, 2.24) is 19.6 Å². The Kier molecular flexibility index (Phi) is 3.19. The molecule has 7 nitrogen and oxygen atoms in total. The zero-order chi connectivity index (χ0) is 13.1. The lowest BCUT2D eigenvalue weighted by Gasteiger charge is -2.07. The van der Waals surface area contributed by atoms with Crippen molar-refractivity contribution < 1.29 is 0 Å². The molecule has 0 bridgehead atoms. The number of nitrogens with one attached hydrogen (secondary N) is 1. The number of nitriles is 1. The Labute approximate surface area is 105 Å². The summed E-state index contributed by atoms with van der Waals surface area (Å²) < 4.78 is 3.42. The highest BCUT2D eigenvalue weighted by atomic mass is 15.3.